The van der Waals surface area contributed by atoms with E-state index in [0.717, 1.165) is 50.1 Å². The predicted molar refractivity (Wildman–Crippen MR) is 82.8 cm³/mol. The summed E-state index contributed by atoms with van der Waals surface area (Å²) in [5, 5.41) is 0. The molecule has 4 aliphatic rings. The zero-order valence-electron chi connectivity index (χ0n) is 13.1. The van der Waals surface area contributed by atoms with Gasteiger partial charge in [-0.1, -0.05) is 6.92 Å². The predicted octanol–water partition coefficient (Wildman–Crippen LogP) is 3.24. The van der Waals surface area contributed by atoms with Gasteiger partial charge in [-0.25, -0.2) is 8.78 Å². The summed E-state index contributed by atoms with van der Waals surface area (Å²) in [7, 11) is 0. The fourth-order valence-corrected chi connectivity index (χ4v) is 5.16. The number of piperidine rings is 3. The third-order valence-corrected chi connectivity index (χ3v) is 5.92. The molecule has 0 aromatic heterocycles. The molecule has 0 unspecified atom stereocenters. The molecule has 0 saturated carbocycles. The van der Waals surface area contributed by atoms with Crippen molar-refractivity contribution in [2.75, 3.05) is 26.2 Å². The van der Waals surface area contributed by atoms with Crippen LogP contribution in [0.5, 0.6) is 0 Å². The van der Waals surface area contributed by atoms with E-state index in [9.17, 15) is 8.78 Å². The van der Waals surface area contributed by atoms with Crippen LogP contribution in [-0.4, -0.2) is 48.1 Å². The summed E-state index contributed by atoms with van der Waals surface area (Å²) in [5.74, 6) is 0.114. The molecule has 22 heavy (non-hydrogen) atoms. The first-order valence-electron chi connectivity index (χ1n) is 8.61. The third kappa shape index (κ3) is 2.28. The van der Waals surface area contributed by atoms with Crippen molar-refractivity contribution in [3.63, 3.8) is 0 Å². The van der Waals surface area contributed by atoms with Gasteiger partial charge in [-0.3, -0.25) is 9.80 Å². The largest absolute Gasteiger partial charge is 0.298 e. The van der Waals surface area contributed by atoms with Gasteiger partial charge in [-0.05, 0) is 62.5 Å². The standard InChI is InChI=1S/C18H24F2N2/c1-2-5-22-11-16(13-8-14(19)10-15(20)9-13)18-17(22)12-3-6-21(18)7-4-12/h8-10,12,16-18H,2-7,11H2,1H3/t16-,17-,18-/m1/s1. The number of benzene rings is 1. The molecule has 1 aromatic rings. The Labute approximate surface area is 131 Å². The maximum atomic E-state index is 13.7. The lowest BCUT2D eigenvalue weighted by molar-refractivity contribution is -0.00643. The molecule has 4 heterocycles. The van der Waals surface area contributed by atoms with Crippen molar-refractivity contribution in [2.24, 2.45) is 5.92 Å². The molecule has 3 atom stereocenters. The van der Waals surface area contributed by atoms with E-state index in [0.29, 0.717) is 12.1 Å². The summed E-state index contributed by atoms with van der Waals surface area (Å²) in [6.45, 7) is 6.56. The molecule has 4 fully saturated rings. The van der Waals surface area contributed by atoms with Crippen LogP contribution in [0.3, 0.4) is 0 Å². The highest BCUT2D eigenvalue weighted by Crippen LogP contribution is 2.46. The lowest BCUT2D eigenvalue weighted by atomic mass is 9.75. The molecule has 0 radical (unpaired) electrons. The summed E-state index contributed by atoms with van der Waals surface area (Å²) in [5.41, 5.74) is 0.846. The Morgan fingerprint density at radius 2 is 1.73 bits per heavy atom. The SMILES string of the molecule is CCCN1C[C@H](c2cc(F)cc(F)c2)[C@@H]2[C@H]1C1CCN2CC1. The minimum atomic E-state index is -0.448. The van der Waals surface area contributed by atoms with Gasteiger partial charge in [0, 0.05) is 30.6 Å². The first-order valence-corrected chi connectivity index (χ1v) is 8.61. The smallest absolute Gasteiger partial charge is 0.126 e. The zero-order valence-corrected chi connectivity index (χ0v) is 13.1. The van der Waals surface area contributed by atoms with Gasteiger partial charge in [0.1, 0.15) is 11.6 Å². The molecule has 1 aromatic carbocycles. The molecule has 0 amide bonds. The first-order chi connectivity index (χ1) is 10.7. The molecule has 0 spiro atoms. The van der Waals surface area contributed by atoms with Crippen molar-refractivity contribution >= 4 is 0 Å². The van der Waals surface area contributed by atoms with E-state index in [1.807, 2.05) is 0 Å². The summed E-state index contributed by atoms with van der Waals surface area (Å²) >= 11 is 0. The normalized spacial score (nSPS) is 37.5. The second-order valence-corrected chi connectivity index (χ2v) is 7.16. The lowest BCUT2D eigenvalue weighted by Gasteiger charge is -2.51. The average Bonchev–Trinajstić information content (AvgIpc) is 2.90. The van der Waals surface area contributed by atoms with E-state index in [4.69, 9.17) is 0 Å². The summed E-state index contributed by atoms with van der Waals surface area (Å²) in [6.07, 6.45) is 3.71. The van der Waals surface area contributed by atoms with Crippen LogP contribution in [0.4, 0.5) is 8.78 Å². The Morgan fingerprint density at radius 1 is 1.05 bits per heavy atom. The summed E-state index contributed by atoms with van der Waals surface area (Å²) in [6, 6.07) is 5.10. The van der Waals surface area contributed by atoms with Gasteiger partial charge in [0.15, 0.2) is 0 Å². The minimum absolute atomic E-state index is 0.241. The summed E-state index contributed by atoms with van der Waals surface area (Å²) in [4.78, 5) is 5.17. The molecular weight excluding hydrogens is 282 g/mol. The van der Waals surface area contributed by atoms with Crippen LogP contribution in [0.25, 0.3) is 0 Å². The number of rotatable bonds is 3. The van der Waals surface area contributed by atoms with Crippen molar-refractivity contribution in [3.05, 3.63) is 35.4 Å². The molecule has 2 bridgehead atoms. The topological polar surface area (TPSA) is 6.48 Å². The zero-order chi connectivity index (χ0) is 15.3. The number of hydrogen-bond acceptors (Lipinski definition) is 2. The van der Waals surface area contributed by atoms with E-state index < -0.39 is 11.6 Å². The van der Waals surface area contributed by atoms with Gasteiger partial charge in [0.05, 0.1) is 0 Å². The van der Waals surface area contributed by atoms with Gasteiger partial charge < -0.3 is 0 Å². The number of likely N-dealkylation sites (tertiary alicyclic amines) is 1. The number of halogens is 2. The van der Waals surface area contributed by atoms with Crippen LogP contribution in [0, 0.1) is 17.6 Å². The van der Waals surface area contributed by atoms with Crippen molar-refractivity contribution in [2.45, 2.75) is 44.2 Å². The fraction of sp³-hybridized carbons (Fsp3) is 0.667. The summed E-state index contributed by atoms with van der Waals surface area (Å²) < 4.78 is 27.3. The molecule has 2 nitrogen and oxygen atoms in total. The Bertz CT molecular complexity index is 534. The van der Waals surface area contributed by atoms with Crippen molar-refractivity contribution in [3.8, 4) is 0 Å². The molecule has 5 rings (SSSR count). The lowest BCUT2D eigenvalue weighted by Crippen LogP contribution is -2.60. The molecule has 120 valence electrons. The van der Waals surface area contributed by atoms with Crippen molar-refractivity contribution < 1.29 is 8.78 Å². The van der Waals surface area contributed by atoms with Crippen molar-refractivity contribution in [1.29, 1.82) is 0 Å². The highest BCUT2D eigenvalue weighted by Gasteiger charge is 2.52. The number of hydrogen-bond donors (Lipinski definition) is 0. The minimum Gasteiger partial charge on any atom is -0.298 e. The Kier molecular flexibility index (Phi) is 3.69. The third-order valence-electron chi connectivity index (χ3n) is 5.92. The second kappa shape index (κ2) is 5.57. The molecule has 0 N–H and O–H groups in total. The molecule has 4 saturated heterocycles. The number of nitrogens with zero attached hydrogens (tertiary/aromatic N) is 2. The van der Waals surface area contributed by atoms with Crippen LogP contribution < -0.4 is 0 Å². The monoisotopic (exact) mass is 306 g/mol. The highest BCUT2D eigenvalue weighted by atomic mass is 19.1. The second-order valence-electron chi connectivity index (χ2n) is 7.16. The molecule has 4 aliphatic heterocycles. The average molecular weight is 306 g/mol. The Balaban J connectivity index is 1.70. The van der Waals surface area contributed by atoms with Crippen LogP contribution in [-0.2, 0) is 0 Å². The van der Waals surface area contributed by atoms with E-state index >= 15 is 0 Å². The molecular formula is C18H24F2N2. The van der Waals surface area contributed by atoms with E-state index in [1.54, 1.807) is 12.1 Å². The van der Waals surface area contributed by atoms with Crippen LogP contribution in [0.1, 0.15) is 37.7 Å². The Hall–Kier alpha value is -1.00. The van der Waals surface area contributed by atoms with Gasteiger partial charge in [-0.2, -0.15) is 0 Å². The van der Waals surface area contributed by atoms with Crippen LogP contribution in [0.2, 0.25) is 0 Å². The quantitative estimate of drug-likeness (QED) is 0.846. The maximum absolute atomic E-state index is 13.7. The van der Waals surface area contributed by atoms with Crippen LogP contribution >= 0.6 is 0 Å². The Morgan fingerprint density at radius 3 is 2.36 bits per heavy atom. The van der Waals surface area contributed by atoms with Gasteiger partial charge in [0.2, 0.25) is 0 Å². The fourth-order valence-electron chi connectivity index (χ4n) is 5.16. The van der Waals surface area contributed by atoms with Crippen molar-refractivity contribution in [1.82, 2.24) is 9.80 Å². The van der Waals surface area contributed by atoms with E-state index in [2.05, 4.69) is 16.7 Å². The number of fused-ring (bicyclic) bond motifs is 2. The molecule has 4 heteroatoms. The van der Waals surface area contributed by atoms with E-state index in [-0.39, 0.29) is 5.92 Å². The maximum Gasteiger partial charge on any atom is 0.126 e. The van der Waals surface area contributed by atoms with Crippen LogP contribution in [0.15, 0.2) is 18.2 Å². The van der Waals surface area contributed by atoms with Gasteiger partial charge in [0.25, 0.3) is 0 Å². The highest BCUT2D eigenvalue weighted by molar-refractivity contribution is 5.28. The van der Waals surface area contributed by atoms with E-state index in [1.165, 1.54) is 12.8 Å². The van der Waals surface area contributed by atoms with Gasteiger partial charge in [-0.15, -0.1) is 0 Å². The molecule has 0 aliphatic carbocycles. The van der Waals surface area contributed by atoms with Gasteiger partial charge >= 0.3 is 0 Å². The first kappa shape index (κ1) is 14.6.